The van der Waals surface area contributed by atoms with Crippen molar-refractivity contribution < 1.29 is 28.6 Å². The number of hydrogen-bond donors (Lipinski definition) is 1. The molecule has 0 fully saturated rings. The van der Waals surface area contributed by atoms with Gasteiger partial charge in [0.1, 0.15) is 11.3 Å². The van der Waals surface area contributed by atoms with Gasteiger partial charge in [0.05, 0.1) is 25.4 Å². The van der Waals surface area contributed by atoms with Gasteiger partial charge < -0.3 is 19.5 Å². The summed E-state index contributed by atoms with van der Waals surface area (Å²) < 4.78 is 15.2. The number of hydrogen-bond acceptors (Lipinski definition) is 6. The monoisotopic (exact) mass is 443 g/mol. The number of carbonyl (C=O) groups excluding carboxylic acids is 3. The maximum Gasteiger partial charge on any atom is 0.341 e. The summed E-state index contributed by atoms with van der Waals surface area (Å²) in [6.07, 6.45) is 0. The Morgan fingerprint density at radius 2 is 1.41 bits per heavy atom. The second-order valence-electron chi connectivity index (χ2n) is 7.66. The minimum atomic E-state index is -0.494. The van der Waals surface area contributed by atoms with Gasteiger partial charge in [-0.2, -0.15) is 0 Å². The Hall–Kier alpha value is -3.35. The lowest BCUT2D eigenvalue weighted by Crippen LogP contribution is -2.27. The molecule has 2 rings (SSSR count). The summed E-state index contributed by atoms with van der Waals surface area (Å²) in [5.74, 6) is -0.390. The van der Waals surface area contributed by atoms with Crippen LogP contribution in [0.4, 0.5) is 5.69 Å². The molecule has 0 aromatic heterocycles. The van der Waals surface area contributed by atoms with Crippen LogP contribution in [0.15, 0.2) is 48.5 Å². The molecule has 0 bridgehead atoms. The molecule has 32 heavy (non-hydrogen) atoms. The summed E-state index contributed by atoms with van der Waals surface area (Å²) >= 11 is 0. The summed E-state index contributed by atoms with van der Waals surface area (Å²) in [4.78, 5) is 34.8. The highest BCUT2D eigenvalue weighted by atomic mass is 16.5. The molecule has 0 atom stereocenters. The predicted octanol–water partition coefficient (Wildman–Crippen LogP) is 5.11. The van der Waals surface area contributed by atoms with Crippen molar-refractivity contribution in [3.63, 3.8) is 0 Å². The molecule has 1 amide bonds. The number of amides is 1. The molecule has 0 saturated carbocycles. The van der Waals surface area contributed by atoms with Crippen molar-refractivity contribution in [2.75, 3.05) is 25.1 Å². The molecular formula is C25H33NO6. The van der Waals surface area contributed by atoms with Crippen molar-refractivity contribution in [3.8, 4) is 5.75 Å². The quantitative estimate of drug-likeness (QED) is 0.598. The van der Waals surface area contributed by atoms with Crippen LogP contribution in [0, 0.1) is 5.41 Å². The van der Waals surface area contributed by atoms with E-state index in [9.17, 15) is 14.4 Å². The van der Waals surface area contributed by atoms with Gasteiger partial charge in [0, 0.05) is 17.2 Å². The molecule has 0 heterocycles. The van der Waals surface area contributed by atoms with Gasteiger partial charge in [0.25, 0.3) is 0 Å². The minimum absolute atomic E-state index is 0.103. The maximum atomic E-state index is 12.0. The molecule has 0 spiro atoms. The first-order chi connectivity index (χ1) is 15.1. The third-order valence-corrected chi connectivity index (χ3v) is 4.00. The third kappa shape index (κ3) is 8.79. The Bertz CT molecular complexity index is 887. The lowest BCUT2D eigenvalue weighted by molar-refractivity contribution is -0.123. The van der Waals surface area contributed by atoms with Gasteiger partial charge in [-0.15, -0.1) is 0 Å². The molecule has 7 nitrogen and oxygen atoms in total. The Morgan fingerprint density at radius 1 is 0.812 bits per heavy atom. The SMILES string of the molecule is CCOC(=O)c1ccc(NC(=O)C(C)(C)C)cc1OCC.CCOC(=O)c1ccccc1. The molecule has 2 aromatic rings. The largest absolute Gasteiger partial charge is 0.493 e. The van der Waals surface area contributed by atoms with Crippen LogP contribution in [0.5, 0.6) is 5.75 Å². The number of anilines is 1. The van der Waals surface area contributed by atoms with Crippen LogP contribution in [-0.2, 0) is 14.3 Å². The zero-order valence-electron chi connectivity index (χ0n) is 19.7. The molecular weight excluding hydrogens is 410 g/mol. The zero-order chi connectivity index (χ0) is 24.1. The van der Waals surface area contributed by atoms with Crippen molar-refractivity contribution in [3.05, 3.63) is 59.7 Å². The number of esters is 2. The second kappa shape index (κ2) is 13.1. The molecule has 2 aromatic carbocycles. The van der Waals surface area contributed by atoms with E-state index < -0.39 is 11.4 Å². The van der Waals surface area contributed by atoms with Crippen LogP contribution < -0.4 is 10.1 Å². The summed E-state index contributed by atoms with van der Waals surface area (Å²) in [6.45, 7) is 12.0. The molecule has 0 saturated heterocycles. The van der Waals surface area contributed by atoms with E-state index in [2.05, 4.69) is 5.32 Å². The van der Waals surface area contributed by atoms with Gasteiger partial charge in [-0.3, -0.25) is 4.79 Å². The fourth-order valence-corrected chi connectivity index (χ4v) is 2.36. The van der Waals surface area contributed by atoms with Crippen molar-refractivity contribution >= 4 is 23.5 Å². The van der Waals surface area contributed by atoms with E-state index in [0.717, 1.165) is 0 Å². The van der Waals surface area contributed by atoms with Gasteiger partial charge in [-0.1, -0.05) is 39.0 Å². The lowest BCUT2D eigenvalue weighted by Gasteiger charge is -2.18. The predicted molar refractivity (Wildman–Crippen MR) is 124 cm³/mol. The fraction of sp³-hybridized carbons (Fsp3) is 0.400. The molecule has 174 valence electrons. The van der Waals surface area contributed by atoms with E-state index in [4.69, 9.17) is 14.2 Å². The maximum absolute atomic E-state index is 12.0. The van der Waals surface area contributed by atoms with Crippen molar-refractivity contribution in [1.29, 1.82) is 0 Å². The molecule has 0 radical (unpaired) electrons. The van der Waals surface area contributed by atoms with Gasteiger partial charge in [0.15, 0.2) is 0 Å². The highest BCUT2D eigenvalue weighted by Gasteiger charge is 2.22. The first-order valence-electron chi connectivity index (χ1n) is 10.6. The molecule has 0 unspecified atom stereocenters. The first kappa shape index (κ1) is 26.7. The fourth-order valence-electron chi connectivity index (χ4n) is 2.36. The molecule has 0 aliphatic rings. The molecule has 0 aliphatic carbocycles. The van der Waals surface area contributed by atoms with Gasteiger partial charge in [-0.05, 0) is 45.0 Å². The molecule has 0 aliphatic heterocycles. The van der Waals surface area contributed by atoms with Crippen LogP contribution in [-0.4, -0.2) is 37.7 Å². The van der Waals surface area contributed by atoms with E-state index >= 15 is 0 Å². The number of rotatable bonds is 7. The number of carbonyl (C=O) groups is 3. The first-order valence-corrected chi connectivity index (χ1v) is 10.6. The highest BCUT2D eigenvalue weighted by molar-refractivity contribution is 5.97. The smallest absolute Gasteiger partial charge is 0.341 e. The van der Waals surface area contributed by atoms with E-state index in [0.29, 0.717) is 42.4 Å². The Kier molecular flexibility index (Phi) is 11.0. The standard InChI is InChI=1S/C16H23NO4.C9H10O2/c1-6-20-13-10-11(17-15(19)16(3,4)5)8-9-12(13)14(18)21-7-2;1-2-11-9(10)8-6-4-3-5-7-8/h8-10H,6-7H2,1-5H3,(H,17,19);3-7H,2H2,1H3. The number of ether oxygens (including phenoxy) is 3. The second-order valence-corrected chi connectivity index (χ2v) is 7.66. The lowest BCUT2D eigenvalue weighted by atomic mass is 9.95. The van der Waals surface area contributed by atoms with E-state index in [1.165, 1.54) is 0 Å². The summed E-state index contributed by atoms with van der Waals surface area (Å²) in [7, 11) is 0. The van der Waals surface area contributed by atoms with Crippen molar-refractivity contribution in [2.45, 2.75) is 41.5 Å². The van der Waals surface area contributed by atoms with Crippen molar-refractivity contribution in [2.24, 2.45) is 5.41 Å². The van der Waals surface area contributed by atoms with E-state index in [-0.39, 0.29) is 11.9 Å². The van der Waals surface area contributed by atoms with Crippen LogP contribution in [0.3, 0.4) is 0 Å². The van der Waals surface area contributed by atoms with E-state index in [1.807, 2.05) is 45.9 Å². The van der Waals surface area contributed by atoms with E-state index in [1.54, 1.807) is 44.2 Å². The average Bonchev–Trinajstić information content (AvgIpc) is 2.75. The van der Waals surface area contributed by atoms with Gasteiger partial charge in [-0.25, -0.2) is 9.59 Å². The molecule has 7 heteroatoms. The van der Waals surface area contributed by atoms with Crippen molar-refractivity contribution in [1.82, 2.24) is 0 Å². The topological polar surface area (TPSA) is 90.9 Å². The normalized spacial score (nSPS) is 10.3. The Labute approximate surface area is 190 Å². The molecule has 1 N–H and O–H groups in total. The Balaban J connectivity index is 0.000000389. The van der Waals surface area contributed by atoms with Gasteiger partial charge in [0.2, 0.25) is 5.91 Å². The zero-order valence-corrected chi connectivity index (χ0v) is 19.7. The summed E-state index contributed by atoms with van der Waals surface area (Å²) in [5, 5.41) is 2.81. The number of nitrogens with one attached hydrogen (secondary N) is 1. The summed E-state index contributed by atoms with van der Waals surface area (Å²) in [5.41, 5.74) is 1.05. The average molecular weight is 444 g/mol. The third-order valence-electron chi connectivity index (χ3n) is 4.00. The van der Waals surface area contributed by atoms with Crippen LogP contribution in [0.25, 0.3) is 0 Å². The Morgan fingerprint density at radius 3 is 1.94 bits per heavy atom. The minimum Gasteiger partial charge on any atom is -0.493 e. The van der Waals surface area contributed by atoms with Crippen LogP contribution in [0.1, 0.15) is 62.3 Å². The van der Waals surface area contributed by atoms with Crippen LogP contribution >= 0.6 is 0 Å². The van der Waals surface area contributed by atoms with Gasteiger partial charge >= 0.3 is 11.9 Å². The highest BCUT2D eigenvalue weighted by Crippen LogP contribution is 2.26. The van der Waals surface area contributed by atoms with Crippen LogP contribution in [0.2, 0.25) is 0 Å². The number of benzene rings is 2. The summed E-state index contributed by atoms with van der Waals surface area (Å²) in [6, 6.07) is 13.9.